The normalized spacial score (nSPS) is 13.0. The lowest BCUT2D eigenvalue weighted by molar-refractivity contribution is 0.291. The van der Waals surface area contributed by atoms with Crippen molar-refractivity contribution in [1.29, 1.82) is 0 Å². The van der Waals surface area contributed by atoms with Crippen molar-refractivity contribution in [3.05, 3.63) is 40.3 Å². The summed E-state index contributed by atoms with van der Waals surface area (Å²) < 4.78 is 2.09. The second kappa shape index (κ2) is 7.57. The van der Waals surface area contributed by atoms with E-state index in [1.54, 1.807) is 0 Å². The van der Waals surface area contributed by atoms with Gasteiger partial charge < -0.3 is 10.2 Å². The number of nitrogens with zero attached hydrogens (tertiary/aromatic N) is 3. The topological polar surface area (TPSA) is 33.1 Å². The fourth-order valence-electron chi connectivity index (χ4n) is 2.28. The van der Waals surface area contributed by atoms with Crippen LogP contribution in [-0.4, -0.2) is 35.3 Å². The number of aromatic nitrogens is 2. The molecule has 0 bridgehead atoms. The molecule has 1 N–H and O–H groups in total. The Morgan fingerprint density at radius 2 is 2.25 bits per heavy atom. The van der Waals surface area contributed by atoms with E-state index in [9.17, 15) is 0 Å². The Hall–Kier alpha value is -1.17. The predicted octanol–water partition coefficient (Wildman–Crippen LogP) is 2.75. The fourth-order valence-corrected chi connectivity index (χ4v) is 3.20. The Morgan fingerprint density at radius 3 is 2.90 bits per heavy atom. The van der Waals surface area contributed by atoms with E-state index in [2.05, 4.69) is 64.6 Å². The number of likely N-dealkylation sites (N-methyl/N-ethyl adjacent to an activating group) is 1. The highest BCUT2D eigenvalue weighted by Gasteiger charge is 2.14. The molecule has 1 atom stereocenters. The van der Waals surface area contributed by atoms with Crippen LogP contribution in [0, 0.1) is 0 Å². The molecule has 5 heteroatoms. The number of nitrogens with one attached hydrogen (secondary N) is 1. The quantitative estimate of drug-likeness (QED) is 0.812. The van der Waals surface area contributed by atoms with Gasteiger partial charge in [0.05, 0.1) is 11.7 Å². The van der Waals surface area contributed by atoms with Crippen molar-refractivity contribution in [2.45, 2.75) is 32.5 Å². The Balaban J connectivity index is 1.89. The molecular weight excluding hydrogens is 268 g/mol. The largest absolute Gasteiger partial charge is 0.309 e. The predicted molar refractivity (Wildman–Crippen MR) is 85.0 cm³/mol. The number of hydrogen-bond acceptors (Lipinski definition) is 4. The molecule has 2 aromatic rings. The minimum absolute atomic E-state index is 0.428. The van der Waals surface area contributed by atoms with Crippen LogP contribution in [0.15, 0.2) is 29.8 Å². The molecule has 0 aliphatic heterocycles. The van der Waals surface area contributed by atoms with E-state index < -0.39 is 0 Å². The maximum atomic E-state index is 4.36. The summed E-state index contributed by atoms with van der Waals surface area (Å²) in [5.74, 6) is 0. The smallest absolute Gasteiger partial charge is 0.0561 e. The molecule has 0 aliphatic rings. The average molecular weight is 292 g/mol. The highest BCUT2D eigenvalue weighted by atomic mass is 32.1. The van der Waals surface area contributed by atoms with Crippen LogP contribution >= 0.6 is 11.3 Å². The molecule has 4 nitrogen and oxygen atoms in total. The van der Waals surface area contributed by atoms with Gasteiger partial charge in [-0.05, 0) is 38.0 Å². The van der Waals surface area contributed by atoms with Crippen LogP contribution in [-0.2, 0) is 13.1 Å². The third kappa shape index (κ3) is 3.91. The fraction of sp³-hybridized carbons (Fsp3) is 0.533. The first kappa shape index (κ1) is 15.2. The van der Waals surface area contributed by atoms with Crippen molar-refractivity contribution in [3.63, 3.8) is 0 Å². The van der Waals surface area contributed by atoms with Crippen LogP contribution in [0.5, 0.6) is 0 Å². The van der Waals surface area contributed by atoms with Gasteiger partial charge in [-0.1, -0.05) is 13.0 Å². The first-order valence-corrected chi connectivity index (χ1v) is 8.01. The maximum Gasteiger partial charge on any atom is 0.0561 e. The maximum absolute atomic E-state index is 4.36. The van der Waals surface area contributed by atoms with Gasteiger partial charge in [0.2, 0.25) is 0 Å². The summed E-state index contributed by atoms with van der Waals surface area (Å²) in [5.41, 5.74) is 1.26. The summed E-state index contributed by atoms with van der Waals surface area (Å²) in [6, 6.07) is 6.85. The lowest BCUT2D eigenvalue weighted by atomic mass is 10.2. The summed E-state index contributed by atoms with van der Waals surface area (Å²) in [7, 11) is 4.26. The third-order valence-electron chi connectivity index (χ3n) is 3.38. The van der Waals surface area contributed by atoms with Gasteiger partial charge in [0.15, 0.2) is 0 Å². The molecule has 110 valence electrons. The van der Waals surface area contributed by atoms with Gasteiger partial charge in [0.25, 0.3) is 0 Å². The van der Waals surface area contributed by atoms with Gasteiger partial charge in [-0.15, -0.1) is 11.3 Å². The second-order valence-electron chi connectivity index (χ2n) is 5.17. The van der Waals surface area contributed by atoms with Crippen LogP contribution in [0.2, 0.25) is 0 Å². The minimum atomic E-state index is 0.428. The van der Waals surface area contributed by atoms with Gasteiger partial charge in [0.1, 0.15) is 0 Å². The molecule has 0 fully saturated rings. The number of aryl methyl sites for hydroxylation is 1. The minimum Gasteiger partial charge on any atom is -0.309 e. The van der Waals surface area contributed by atoms with Crippen molar-refractivity contribution in [1.82, 2.24) is 20.0 Å². The molecule has 0 amide bonds. The first-order chi connectivity index (χ1) is 9.72. The standard InChI is InChI=1S/C15H24N4S/c1-4-9-19-13(7-8-17-19)11-16-12-14(18(2)3)15-6-5-10-20-15/h5-8,10,14,16H,4,9,11-12H2,1-3H3. The van der Waals surface area contributed by atoms with Crippen molar-refractivity contribution < 1.29 is 0 Å². The summed E-state index contributed by atoms with van der Waals surface area (Å²) in [6.45, 7) is 4.99. The Kier molecular flexibility index (Phi) is 5.76. The number of rotatable bonds is 8. The van der Waals surface area contributed by atoms with Gasteiger partial charge in [0, 0.05) is 30.7 Å². The Bertz CT molecular complexity index is 490. The lowest BCUT2D eigenvalue weighted by Crippen LogP contribution is -2.30. The summed E-state index contributed by atoms with van der Waals surface area (Å²) in [4.78, 5) is 3.67. The molecule has 0 aliphatic carbocycles. The number of hydrogen-bond donors (Lipinski definition) is 1. The zero-order chi connectivity index (χ0) is 14.4. The highest BCUT2D eigenvalue weighted by molar-refractivity contribution is 7.10. The molecule has 2 aromatic heterocycles. The van der Waals surface area contributed by atoms with Crippen LogP contribution in [0.4, 0.5) is 0 Å². The lowest BCUT2D eigenvalue weighted by Gasteiger charge is -2.23. The third-order valence-corrected chi connectivity index (χ3v) is 4.35. The molecule has 2 heterocycles. The Morgan fingerprint density at radius 1 is 1.40 bits per heavy atom. The van der Waals surface area contributed by atoms with E-state index >= 15 is 0 Å². The van der Waals surface area contributed by atoms with Crippen molar-refractivity contribution in [2.75, 3.05) is 20.6 Å². The second-order valence-corrected chi connectivity index (χ2v) is 6.15. The van der Waals surface area contributed by atoms with Gasteiger partial charge in [-0.2, -0.15) is 5.10 Å². The average Bonchev–Trinajstić information content (AvgIpc) is 3.06. The van der Waals surface area contributed by atoms with E-state index in [0.29, 0.717) is 6.04 Å². The highest BCUT2D eigenvalue weighted by Crippen LogP contribution is 2.22. The van der Waals surface area contributed by atoms with Crippen LogP contribution in [0.3, 0.4) is 0 Å². The van der Waals surface area contributed by atoms with Crippen LogP contribution in [0.25, 0.3) is 0 Å². The molecule has 1 unspecified atom stereocenters. The molecule has 0 saturated carbocycles. The van der Waals surface area contributed by atoms with Crippen molar-refractivity contribution in [3.8, 4) is 0 Å². The molecular formula is C15H24N4S. The zero-order valence-corrected chi connectivity index (χ0v) is 13.4. The van der Waals surface area contributed by atoms with Crippen LogP contribution < -0.4 is 5.32 Å². The molecule has 0 saturated heterocycles. The summed E-state index contributed by atoms with van der Waals surface area (Å²) in [6.07, 6.45) is 3.00. The molecule has 0 radical (unpaired) electrons. The van der Waals surface area contributed by atoms with E-state index in [4.69, 9.17) is 0 Å². The summed E-state index contributed by atoms with van der Waals surface area (Å²) >= 11 is 1.82. The van der Waals surface area contributed by atoms with Crippen molar-refractivity contribution >= 4 is 11.3 Å². The van der Waals surface area contributed by atoms with Crippen molar-refractivity contribution in [2.24, 2.45) is 0 Å². The van der Waals surface area contributed by atoms with E-state index in [0.717, 1.165) is 26.1 Å². The molecule has 0 spiro atoms. The van der Waals surface area contributed by atoms with E-state index in [1.165, 1.54) is 10.6 Å². The first-order valence-electron chi connectivity index (χ1n) is 7.13. The number of thiophene rings is 1. The van der Waals surface area contributed by atoms with Gasteiger partial charge >= 0.3 is 0 Å². The zero-order valence-electron chi connectivity index (χ0n) is 12.5. The Labute approximate surface area is 125 Å². The SMILES string of the molecule is CCCn1nccc1CNCC(c1cccs1)N(C)C. The van der Waals surface area contributed by atoms with Crippen LogP contribution in [0.1, 0.15) is 30.0 Å². The molecule has 20 heavy (non-hydrogen) atoms. The molecule has 0 aromatic carbocycles. The van der Waals surface area contributed by atoms with Gasteiger partial charge in [-0.3, -0.25) is 4.68 Å². The molecule has 2 rings (SSSR count). The monoisotopic (exact) mass is 292 g/mol. The van der Waals surface area contributed by atoms with E-state index in [-0.39, 0.29) is 0 Å². The van der Waals surface area contributed by atoms with E-state index in [1.807, 2.05) is 17.5 Å². The summed E-state index contributed by atoms with van der Waals surface area (Å²) in [5, 5.41) is 10.1. The van der Waals surface area contributed by atoms with Gasteiger partial charge in [-0.25, -0.2) is 0 Å².